The van der Waals surface area contributed by atoms with Gasteiger partial charge in [-0.15, -0.1) is 0 Å². The molecule has 4 nitrogen and oxygen atoms in total. The Balaban J connectivity index is 0.803. The maximum absolute atomic E-state index is 6.70. The van der Waals surface area contributed by atoms with Crippen molar-refractivity contribution >= 4 is 115 Å². The van der Waals surface area contributed by atoms with Crippen molar-refractivity contribution in [3.8, 4) is 39.3 Å². The van der Waals surface area contributed by atoms with Gasteiger partial charge in [0.05, 0.1) is 38.8 Å². The summed E-state index contributed by atoms with van der Waals surface area (Å²) in [5.74, 6) is 1.47. The summed E-state index contributed by atoms with van der Waals surface area (Å²) in [6.45, 7) is 2.28. The van der Waals surface area contributed by atoms with Crippen LogP contribution in [0.4, 0.5) is 0 Å². The van der Waals surface area contributed by atoms with E-state index in [4.69, 9.17) is 4.42 Å². The van der Waals surface area contributed by atoms with E-state index in [0.717, 1.165) is 40.3 Å². The van der Waals surface area contributed by atoms with Crippen LogP contribution in [-0.2, 0) is 6.42 Å². The summed E-state index contributed by atoms with van der Waals surface area (Å²) in [6, 6.07) is 87.9. The van der Waals surface area contributed by atoms with Gasteiger partial charge in [-0.05, 0) is 152 Å². The first-order valence-electron chi connectivity index (χ1n) is 26.9. The van der Waals surface area contributed by atoms with E-state index in [2.05, 4.69) is 269 Å². The Hall–Kier alpha value is -9.90. The lowest BCUT2D eigenvalue weighted by Crippen LogP contribution is -2.00. The molecule has 4 heterocycles. The Bertz CT molecular complexity index is 5180. The summed E-state index contributed by atoms with van der Waals surface area (Å²) < 4.78 is 14.0. The van der Waals surface area contributed by atoms with Gasteiger partial charge in [-0.25, -0.2) is 0 Å². The number of para-hydroxylation sites is 4. The minimum Gasteiger partial charge on any atom is -0.454 e. The molecule has 0 saturated carbocycles. The number of rotatable bonds is 5. The number of fused-ring (bicyclic) bond motifs is 18. The van der Waals surface area contributed by atoms with Crippen molar-refractivity contribution in [2.45, 2.75) is 13.3 Å². The van der Waals surface area contributed by atoms with Crippen LogP contribution in [0.2, 0.25) is 0 Å². The zero-order valence-corrected chi connectivity index (χ0v) is 42.2. The standard InChI is InChI=1S/C73H47N3O/c1-44-26-37-72-64(38-44)60-22-13-25-69(73(60)77-72)76-66-24-12-10-21-57(66)63-40-46(30-36-68(63)76)48-28-33-59-58-32-27-47(41-70(58)74(71(59)42-48)49-14-3-2-4-15-49)45-29-35-67-62(39-45)56-20-9-11-23-65(56)75(67)50-31-34-55-53-18-6-5-16-51(53)52-17-7-8-19-54(52)61(55)43-50/h2-37,39-44H,38H2,1H3. The molecule has 0 amide bonds. The van der Waals surface area contributed by atoms with Crippen LogP contribution in [-0.4, -0.2) is 13.7 Å². The third kappa shape index (κ3) is 6.15. The minimum atomic E-state index is 0.485. The van der Waals surface area contributed by atoms with Crippen molar-refractivity contribution < 1.29 is 4.42 Å². The van der Waals surface area contributed by atoms with Gasteiger partial charge in [0.1, 0.15) is 5.76 Å². The molecular weight excluding hydrogens is 935 g/mol. The smallest absolute Gasteiger partial charge is 0.159 e. The molecule has 0 saturated heterocycles. The van der Waals surface area contributed by atoms with Crippen LogP contribution in [0.5, 0.6) is 0 Å². The summed E-state index contributed by atoms with van der Waals surface area (Å²) in [5.41, 5.74) is 17.4. The van der Waals surface area contributed by atoms with Crippen molar-refractivity contribution in [1.82, 2.24) is 13.7 Å². The number of aromatic nitrogens is 3. The first kappa shape index (κ1) is 42.5. The van der Waals surface area contributed by atoms with Gasteiger partial charge in [0.15, 0.2) is 5.58 Å². The lowest BCUT2D eigenvalue weighted by Gasteiger charge is -2.14. The number of hydrogen-bond acceptors (Lipinski definition) is 1. The Kier molecular flexibility index (Phi) is 8.85. The average molecular weight is 982 g/mol. The fourth-order valence-electron chi connectivity index (χ4n) is 13.4. The summed E-state index contributed by atoms with van der Waals surface area (Å²) in [4.78, 5) is 0. The molecule has 16 aromatic rings. The SMILES string of the molecule is CC1C=Cc2oc3c(-n4c5ccccc5c5cc(-c6ccc7c8ccc(-c9ccc%10c(c9)c9ccccc9n%10-c9ccc%10c%11ccccc%11c%11ccccc%11c%10c9)cc8n(-c8ccccc8)c7c6)ccc54)cccc3c2C1. The molecule has 360 valence electrons. The third-order valence-corrected chi connectivity index (χ3v) is 17.0. The minimum absolute atomic E-state index is 0.485. The van der Waals surface area contributed by atoms with Crippen LogP contribution in [0.25, 0.3) is 154 Å². The van der Waals surface area contributed by atoms with Crippen LogP contribution >= 0.6 is 0 Å². The fraction of sp³-hybridized carbons (Fsp3) is 0.0411. The van der Waals surface area contributed by atoms with Crippen LogP contribution in [0.15, 0.2) is 247 Å². The first-order chi connectivity index (χ1) is 38.1. The van der Waals surface area contributed by atoms with Crippen molar-refractivity contribution in [3.05, 3.63) is 254 Å². The Morgan fingerprint density at radius 1 is 0.325 bits per heavy atom. The molecule has 1 aliphatic rings. The van der Waals surface area contributed by atoms with Gasteiger partial charge in [0, 0.05) is 54.6 Å². The Morgan fingerprint density at radius 2 is 0.779 bits per heavy atom. The van der Waals surface area contributed by atoms with E-state index in [1.54, 1.807) is 0 Å². The zero-order valence-electron chi connectivity index (χ0n) is 42.2. The first-order valence-corrected chi connectivity index (χ1v) is 26.9. The molecule has 0 fully saturated rings. The van der Waals surface area contributed by atoms with Crippen LogP contribution in [0.3, 0.4) is 0 Å². The highest BCUT2D eigenvalue weighted by Crippen LogP contribution is 2.44. The van der Waals surface area contributed by atoms with Gasteiger partial charge in [-0.2, -0.15) is 0 Å². The zero-order chi connectivity index (χ0) is 50.5. The van der Waals surface area contributed by atoms with Crippen LogP contribution < -0.4 is 0 Å². The normalized spacial score (nSPS) is 13.8. The van der Waals surface area contributed by atoms with Gasteiger partial charge in [-0.3, -0.25) is 0 Å². The summed E-state index contributed by atoms with van der Waals surface area (Å²) in [6.07, 6.45) is 5.41. The fourth-order valence-corrected chi connectivity index (χ4v) is 13.4. The number of allylic oxidation sites excluding steroid dienone is 1. The molecule has 4 aromatic heterocycles. The number of furan rings is 1. The number of nitrogens with zero attached hydrogens (tertiary/aromatic N) is 3. The monoisotopic (exact) mass is 981 g/mol. The highest BCUT2D eigenvalue weighted by atomic mass is 16.3. The summed E-state index contributed by atoms with van der Waals surface area (Å²) >= 11 is 0. The third-order valence-electron chi connectivity index (χ3n) is 17.0. The highest BCUT2D eigenvalue weighted by Gasteiger charge is 2.24. The Morgan fingerprint density at radius 3 is 1.42 bits per heavy atom. The predicted octanol–water partition coefficient (Wildman–Crippen LogP) is 19.7. The molecule has 0 radical (unpaired) electrons. The second kappa shape index (κ2) is 16.1. The summed E-state index contributed by atoms with van der Waals surface area (Å²) in [5, 5.41) is 16.2. The average Bonchev–Trinajstić information content (AvgIpc) is 4.38. The van der Waals surface area contributed by atoms with E-state index in [-0.39, 0.29) is 0 Å². The molecule has 1 atom stereocenters. The molecule has 4 heteroatoms. The molecule has 17 rings (SSSR count). The molecule has 1 aliphatic carbocycles. The van der Waals surface area contributed by atoms with E-state index in [0.29, 0.717) is 5.92 Å². The van der Waals surface area contributed by atoms with E-state index in [9.17, 15) is 0 Å². The number of hydrogen-bond donors (Lipinski definition) is 0. The lowest BCUT2D eigenvalue weighted by molar-refractivity contribution is 0.583. The van der Waals surface area contributed by atoms with Crippen molar-refractivity contribution in [1.29, 1.82) is 0 Å². The summed E-state index contributed by atoms with van der Waals surface area (Å²) in [7, 11) is 0. The van der Waals surface area contributed by atoms with E-state index in [1.165, 1.54) is 125 Å². The van der Waals surface area contributed by atoms with Crippen LogP contribution in [0.1, 0.15) is 18.2 Å². The molecule has 0 aliphatic heterocycles. The quantitative estimate of drug-likeness (QED) is 0.158. The second-order valence-corrected chi connectivity index (χ2v) is 21.3. The predicted molar refractivity (Wildman–Crippen MR) is 325 cm³/mol. The second-order valence-electron chi connectivity index (χ2n) is 21.3. The lowest BCUT2D eigenvalue weighted by atomic mass is 9.93. The maximum Gasteiger partial charge on any atom is 0.159 e. The maximum atomic E-state index is 6.70. The molecule has 77 heavy (non-hydrogen) atoms. The van der Waals surface area contributed by atoms with Crippen molar-refractivity contribution in [2.75, 3.05) is 0 Å². The molecule has 12 aromatic carbocycles. The largest absolute Gasteiger partial charge is 0.454 e. The van der Waals surface area contributed by atoms with Gasteiger partial charge in [0.25, 0.3) is 0 Å². The molecule has 0 spiro atoms. The molecule has 1 unspecified atom stereocenters. The van der Waals surface area contributed by atoms with Gasteiger partial charge < -0.3 is 18.1 Å². The number of benzene rings is 12. The van der Waals surface area contributed by atoms with Gasteiger partial charge in [0.2, 0.25) is 0 Å². The van der Waals surface area contributed by atoms with Crippen LogP contribution in [0, 0.1) is 5.92 Å². The van der Waals surface area contributed by atoms with Gasteiger partial charge in [-0.1, -0.05) is 171 Å². The molecule has 0 N–H and O–H groups in total. The highest BCUT2D eigenvalue weighted by molar-refractivity contribution is 6.26. The van der Waals surface area contributed by atoms with E-state index in [1.807, 2.05) is 0 Å². The van der Waals surface area contributed by atoms with Crippen molar-refractivity contribution in [3.63, 3.8) is 0 Å². The van der Waals surface area contributed by atoms with Crippen molar-refractivity contribution in [2.24, 2.45) is 5.92 Å². The Labute approximate surface area is 443 Å². The topological polar surface area (TPSA) is 27.9 Å². The molecule has 0 bridgehead atoms. The van der Waals surface area contributed by atoms with E-state index < -0.39 is 0 Å². The molecular formula is C73H47N3O. The van der Waals surface area contributed by atoms with Gasteiger partial charge >= 0.3 is 0 Å². The van der Waals surface area contributed by atoms with E-state index >= 15 is 0 Å².